The van der Waals surface area contributed by atoms with Gasteiger partial charge in [0.25, 0.3) is 0 Å². The Morgan fingerprint density at radius 3 is 2.70 bits per heavy atom. The van der Waals surface area contributed by atoms with E-state index < -0.39 is 5.97 Å². The van der Waals surface area contributed by atoms with Crippen LogP contribution in [0.15, 0.2) is 22.7 Å². The van der Waals surface area contributed by atoms with Crippen LogP contribution in [0.3, 0.4) is 0 Å². The Bertz CT molecular complexity index is 667. The summed E-state index contributed by atoms with van der Waals surface area (Å²) in [6.45, 7) is 1.62. The van der Waals surface area contributed by atoms with Crippen molar-refractivity contribution in [1.29, 1.82) is 0 Å². The van der Waals surface area contributed by atoms with Crippen molar-refractivity contribution in [2.45, 2.75) is 6.92 Å². The van der Waals surface area contributed by atoms with E-state index in [4.69, 9.17) is 9.47 Å². The Labute approximate surface area is 124 Å². The molecule has 6 nitrogen and oxygen atoms in total. The molecule has 0 fully saturated rings. The average molecular weight is 341 g/mol. The van der Waals surface area contributed by atoms with Crippen molar-refractivity contribution in [2.24, 2.45) is 7.05 Å². The van der Waals surface area contributed by atoms with Crippen molar-refractivity contribution < 1.29 is 19.4 Å². The van der Waals surface area contributed by atoms with Gasteiger partial charge in [0.2, 0.25) is 5.88 Å². The lowest BCUT2D eigenvalue weighted by molar-refractivity contribution is 0.0693. The zero-order chi connectivity index (χ0) is 14.9. The van der Waals surface area contributed by atoms with Gasteiger partial charge in [0.05, 0.1) is 17.3 Å². The summed E-state index contributed by atoms with van der Waals surface area (Å²) in [7, 11) is 3.20. The van der Waals surface area contributed by atoms with Crippen molar-refractivity contribution in [1.82, 2.24) is 9.78 Å². The number of carboxylic acid groups (broad SMARTS) is 1. The van der Waals surface area contributed by atoms with Crippen LogP contribution in [0.2, 0.25) is 0 Å². The highest BCUT2D eigenvalue weighted by Crippen LogP contribution is 2.34. The number of methoxy groups -OCH3 is 1. The summed E-state index contributed by atoms with van der Waals surface area (Å²) in [5, 5.41) is 13.3. The van der Waals surface area contributed by atoms with E-state index in [2.05, 4.69) is 21.0 Å². The fraction of sp³-hybridized carbons (Fsp3) is 0.231. The highest BCUT2D eigenvalue weighted by Gasteiger charge is 2.22. The lowest BCUT2D eigenvalue weighted by Crippen LogP contribution is -2.02. The molecule has 0 bridgehead atoms. The van der Waals surface area contributed by atoms with Crippen LogP contribution in [0.25, 0.3) is 0 Å². The van der Waals surface area contributed by atoms with E-state index >= 15 is 0 Å². The molecule has 2 aromatic rings. The molecule has 1 aromatic carbocycles. The van der Waals surface area contributed by atoms with Gasteiger partial charge in [-0.3, -0.25) is 0 Å². The van der Waals surface area contributed by atoms with Crippen LogP contribution in [-0.4, -0.2) is 28.0 Å². The number of hydrogen-bond donors (Lipinski definition) is 1. The fourth-order valence-electron chi connectivity index (χ4n) is 1.80. The van der Waals surface area contributed by atoms with Crippen LogP contribution in [-0.2, 0) is 7.05 Å². The molecule has 1 heterocycles. The van der Waals surface area contributed by atoms with Crippen LogP contribution < -0.4 is 9.47 Å². The number of carboxylic acids is 1. The highest BCUT2D eigenvalue weighted by atomic mass is 79.9. The van der Waals surface area contributed by atoms with Gasteiger partial charge in [-0.2, -0.15) is 5.10 Å². The van der Waals surface area contributed by atoms with Crippen LogP contribution in [0.5, 0.6) is 17.4 Å². The summed E-state index contributed by atoms with van der Waals surface area (Å²) in [5.41, 5.74) is 0.454. The van der Waals surface area contributed by atoms with Gasteiger partial charge in [-0.05, 0) is 41.1 Å². The summed E-state index contributed by atoms with van der Waals surface area (Å²) >= 11 is 3.36. The predicted octanol–water partition coefficient (Wildman–Crippen LogP) is 2.99. The van der Waals surface area contributed by atoms with Crippen molar-refractivity contribution in [2.75, 3.05) is 7.11 Å². The summed E-state index contributed by atoms with van der Waals surface area (Å²) in [6.07, 6.45) is 0. The number of benzene rings is 1. The Balaban J connectivity index is 2.42. The minimum Gasteiger partial charge on any atom is -0.497 e. The van der Waals surface area contributed by atoms with E-state index in [9.17, 15) is 9.90 Å². The maximum Gasteiger partial charge on any atom is 0.343 e. The highest BCUT2D eigenvalue weighted by molar-refractivity contribution is 9.10. The van der Waals surface area contributed by atoms with Crippen molar-refractivity contribution in [3.05, 3.63) is 33.9 Å². The number of nitrogens with zero attached hydrogens (tertiary/aromatic N) is 2. The number of aromatic nitrogens is 2. The van der Waals surface area contributed by atoms with Gasteiger partial charge < -0.3 is 14.6 Å². The van der Waals surface area contributed by atoms with Gasteiger partial charge in [0.15, 0.2) is 0 Å². The first kappa shape index (κ1) is 14.4. The van der Waals surface area contributed by atoms with Gasteiger partial charge >= 0.3 is 5.97 Å². The zero-order valence-corrected chi connectivity index (χ0v) is 12.8. The molecule has 2 rings (SSSR count). The van der Waals surface area contributed by atoms with Crippen LogP contribution in [0.4, 0.5) is 0 Å². The van der Waals surface area contributed by atoms with Gasteiger partial charge in [-0.15, -0.1) is 0 Å². The summed E-state index contributed by atoms with van der Waals surface area (Å²) in [6, 6.07) is 5.15. The van der Waals surface area contributed by atoms with E-state index in [1.54, 1.807) is 39.3 Å². The number of rotatable bonds is 4. The van der Waals surface area contributed by atoms with Gasteiger partial charge in [0.1, 0.15) is 17.1 Å². The molecule has 0 saturated heterocycles. The fourth-order valence-corrected chi connectivity index (χ4v) is 2.23. The monoisotopic (exact) mass is 340 g/mol. The molecule has 1 aromatic heterocycles. The first-order valence-electron chi connectivity index (χ1n) is 5.72. The minimum absolute atomic E-state index is 0.0511. The van der Waals surface area contributed by atoms with E-state index in [1.165, 1.54) is 4.68 Å². The topological polar surface area (TPSA) is 73.6 Å². The number of carbonyl (C=O) groups is 1. The predicted molar refractivity (Wildman–Crippen MR) is 75.7 cm³/mol. The lowest BCUT2D eigenvalue weighted by atomic mass is 10.2. The van der Waals surface area contributed by atoms with E-state index in [1.807, 2.05) is 0 Å². The SMILES string of the molecule is COc1ccc(Oc2c(C(=O)O)c(C)nn2C)c(Br)c1. The summed E-state index contributed by atoms with van der Waals surface area (Å²) < 4.78 is 12.8. The van der Waals surface area contributed by atoms with Gasteiger partial charge in [-0.1, -0.05) is 0 Å². The molecule has 0 amide bonds. The number of halogens is 1. The number of aromatic carboxylic acids is 1. The Kier molecular flexibility index (Phi) is 3.99. The van der Waals surface area contributed by atoms with Gasteiger partial charge in [-0.25, -0.2) is 9.48 Å². The molecule has 0 aliphatic rings. The molecular weight excluding hydrogens is 328 g/mol. The normalized spacial score (nSPS) is 10.4. The molecule has 0 unspecified atom stereocenters. The summed E-state index contributed by atoms with van der Waals surface area (Å²) in [4.78, 5) is 11.3. The second kappa shape index (κ2) is 5.54. The van der Waals surface area contributed by atoms with Crippen LogP contribution >= 0.6 is 15.9 Å². The quantitative estimate of drug-likeness (QED) is 0.925. The Hall–Kier alpha value is -2.02. The number of hydrogen-bond acceptors (Lipinski definition) is 4. The standard InChI is InChI=1S/C13H13BrN2O4/c1-7-11(13(17)18)12(16(2)15-7)20-10-5-4-8(19-3)6-9(10)14/h4-6H,1-3H3,(H,17,18). The van der Waals surface area contributed by atoms with Crippen LogP contribution in [0, 0.1) is 6.92 Å². The Morgan fingerprint density at radius 1 is 1.45 bits per heavy atom. The third-order valence-corrected chi connectivity index (χ3v) is 3.35. The molecule has 0 saturated carbocycles. The zero-order valence-electron chi connectivity index (χ0n) is 11.2. The van der Waals surface area contributed by atoms with E-state index in [-0.39, 0.29) is 11.4 Å². The molecule has 0 spiro atoms. The maximum atomic E-state index is 11.3. The van der Waals surface area contributed by atoms with E-state index in [0.717, 1.165) is 0 Å². The smallest absolute Gasteiger partial charge is 0.343 e. The first-order chi connectivity index (χ1) is 9.43. The molecule has 7 heteroatoms. The number of aryl methyl sites for hydroxylation is 2. The molecule has 0 aliphatic heterocycles. The average Bonchev–Trinajstić information content (AvgIpc) is 2.66. The molecule has 0 atom stereocenters. The minimum atomic E-state index is -1.07. The third kappa shape index (κ3) is 2.62. The molecule has 20 heavy (non-hydrogen) atoms. The molecule has 1 N–H and O–H groups in total. The molecule has 0 aliphatic carbocycles. The second-order valence-corrected chi connectivity index (χ2v) is 4.95. The molecule has 106 valence electrons. The maximum absolute atomic E-state index is 11.3. The lowest BCUT2D eigenvalue weighted by Gasteiger charge is -2.10. The first-order valence-corrected chi connectivity index (χ1v) is 6.51. The third-order valence-electron chi connectivity index (χ3n) is 2.73. The largest absolute Gasteiger partial charge is 0.497 e. The van der Waals surface area contributed by atoms with E-state index in [0.29, 0.717) is 21.7 Å². The second-order valence-electron chi connectivity index (χ2n) is 4.09. The van der Waals surface area contributed by atoms with Crippen molar-refractivity contribution in [3.63, 3.8) is 0 Å². The summed E-state index contributed by atoms with van der Waals surface area (Å²) in [5.74, 6) is 0.260. The number of ether oxygens (including phenoxy) is 2. The van der Waals surface area contributed by atoms with Gasteiger partial charge in [0, 0.05) is 7.05 Å². The Morgan fingerprint density at radius 2 is 2.15 bits per heavy atom. The van der Waals surface area contributed by atoms with Crippen LogP contribution in [0.1, 0.15) is 16.1 Å². The van der Waals surface area contributed by atoms with Crippen molar-refractivity contribution in [3.8, 4) is 17.4 Å². The molecule has 0 radical (unpaired) electrons. The molecular formula is C13H13BrN2O4. The van der Waals surface area contributed by atoms with Crippen molar-refractivity contribution >= 4 is 21.9 Å².